The van der Waals surface area contributed by atoms with Crippen LogP contribution in [0.2, 0.25) is 0 Å². The van der Waals surface area contributed by atoms with Gasteiger partial charge in [0.15, 0.2) is 0 Å². The fraction of sp³-hybridized carbons (Fsp3) is 0.588. The molecule has 1 atom stereocenters. The molecule has 0 radical (unpaired) electrons. The first-order valence-electron chi connectivity index (χ1n) is 7.61. The lowest BCUT2D eigenvalue weighted by Crippen LogP contribution is -2.39. The third-order valence-corrected chi connectivity index (χ3v) is 4.35. The predicted molar refractivity (Wildman–Crippen MR) is 83.7 cm³/mol. The zero-order valence-corrected chi connectivity index (χ0v) is 13.0. The lowest BCUT2D eigenvalue weighted by atomic mass is 10.1. The first-order chi connectivity index (χ1) is 9.72. The first-order valence-corrected chi connectivity index (χ1v) is 8.15. The largest absolute Gasteiger partial charge is 0.335 e. The van der Waals surface area contributed by atoms with Gasteiger partial charge in [-0.2, -0.15) is 0 Å². The lowest BCUT2D eigenvalue weighted by molar-refractivity contribution is -0.134. The van der Waals surface area contributed by atoms with E-state index in [0.717, 1.165) is 19.4 Å². The van der Waals surface area contributed by atoms with Gasteiger partial charge in [-0.15, -0.1) is 11.6 Å². The van der Waals surface area contributed by atoms with E-state index in [1.54, 1.807) is 0 Å². The van der Waals surface area contributed by atoms with E-state index in [4.69, 9.17) is 11.6 Å². The molecule has 3 heteroatoms. The summed E-state index contributed by atoms with van der Waals surface area (Å²) in [6, 6.07) is 10.6. The molecule has 1 aliphatic rings. The van der Waals surface area contributed by atoms with Crippen molar-refractivity contribution in [1.82, 2.24) is 4.90 Å². The third kappa shape index (κ3) is 4.52. The summed E-state index contributed by atoms with van der Waals surface area (Å²) >= 11 is 5.69. The predicted octanol–water partition coefficient (Wildman–Crippen LogP) is 4.22. The van der Waals surface area contributed by atoms with E-state index in [2.05, 4.69) is 24.0 Å². The molecule has 0 N–H and O–H groups in total. The summed E-state index contributed by atoms with van der Waals surface area (Å²) in [4.78, 5) is 14.5. The molecule has 110 valence electrons. The van der Waals surface area contributed by atoms with Crippen LogP contribution < -0.4 is 0 Å². The van der Waals surface area contributed by atoms with Gasteiger partial charge in [0, 0.05) is 24.9 Å². The summed E-state index contributed by atoms with van der Waals surface area (Å²) in [6.45, 7) is 2.93. The van der Waals surface area contributed by atoms with Crippen molar-refractivity contribution < 1.29 is 4.79 Å². The number of halogens is 1. The van der Waals surface area contributed by atoms with E-state index in [-0.39, 0.29) is 5.91 Å². The average molecular weight is 294 g/mol. The molecule has 0 aliphatic heterocycles. The van der Waals surface area contributed by atoms with Crippen molar-refractivity contribution in [3.8, 4) is 0 Å². The number of rotatable bonds is 8. The number of hydrogen-bond donors (Lipinski definition) is 0. The van der Waals surface area contributed by atoms with Crippen LogP contribution in [0.3, 0.4) is 0 Å². The van der Waals surface area contributed by atoms with Gasteiger partial charge in [-0.1, -0.05) is 30.3 Å². The molecular formula is C17H24ClNO. The Balaban J connectivity index is 1.98. The van der Waals surface area contributed by atoms with Crippen LogP contribution in [-0.4, -0.2) is 22.7 Å². The highest BCUT2D eigenvalue weighted by Crippen LogP contribution is 2.36. The fourth-order valence-electron chi connectivity index (χ4n) is 2.59. The topological polar surface area (TPSA) is 20.3 Å². The second-order valence-corrected chi connectivity index (χ2v) is 6.11. The maximum absolute atomic E-state index is 12.5. The number of hydrogen-bond acceptors (Lipinski definition) is 1. The maximum atomic E-state index is 12.5. The first kappa shape index (κ1) is 15.4. The zero-order chi connectivity index (χ0) is 14.4. The number of alkyl halides is 1. The van der Waals surface area contributed by atoms with Gasteiger partial charge in [0.1, 0.15) is 0 Å². The molecule has 1 amide bonds. The smallest absolute Gasteiger partial charge is 0.223 e. The molecule has 20 heavy (non-hydrogen) atoms. The Labute approximate surface area is 127 Å². The van der Waals surface area contributed by atoms with Crippen LogP contribution in [0.25, 0.3) is 0 Å². The summed E-state index contributed by atoms with van der Waals surface area (Å²) in [5.74, 6) is 1.62. The fourth-order valence-corrected chi connectivity index (χ4v) is 2.78. The number of nitrogens with zero attached hydrogens (tertiary/aromatic N) is 1. The van der Waals surface area contributed by atoms with Crippen molar-refractivity contribution >= 4 is 17.5 Å². The van der Waals surface area contributed by atoms with Crippen LogP contribution in [0.1, 0.15) is 44.6 Å². The van der Waals surface area contributed by atoms with Crippen LogP contribution in [0.5, 0.6) is 0 Å². The summed E-state index contributed by atoms with van der Waals surface area (Å²) in [6.07, 6.45) is 4.97. The minimum Gasteiger partial charge on any atom is -0.335 e. The maximum Gasteiger partial charge on any atom is 0.223 e. The summed E-state index contributed by atoms with van der Waals surface area (Å²) in [5.41, 5.74) is 1.21. The van der Waals surface area contributed by atoms with Crippen molar-refractivity contribution in [1.29, 1.82) is 0 Å². The Bertz CT molecular complexity index is 416. The van der Waals surface area contributed by atoms with E-state index in [1.807, 2.05) is 18.2 Å². The summed E-state index contributed by atoms with van der Waals surface area (Å²) < 4.78 is 0. The van der Waals surface area contributed by atoms with E-state index < -0.39 is 0 Å². The Morgan fingerprint density at radius 1 is 1.30 bits per heavy atom. The van der Waals surface area contributed by atoms with Gasteiger partial charge in [0.2, 0.25) is 5.91 Å². The van der Waals surface area contributed by atoms with Crippen LogP contribution in [0, 0.1) is 5.92 Å². The Hall–Kier alpha value is -1.02. The molecule has 1 fully saturated rings. The van der Waals surface area contributed by atoms with Gasteiger partial charge in [0.25, 0.3) is 0 Å². The van der Waals surface area contributed by atoms with Crippen molar-refractivity contribution in [2.24, 2.45) is 5.92 Å². The molecule has 2 nitrogen and oxygen atoms in total. The number of benzene rings is 1. The van der Waals surface area contributed by atoms with Crippen LogP contribution in [0.4, 0.5) is 0 Å². The van der Waals surface area contributed by atoms with Crippen molar-refractivity contribution in [2.45, 2.75) is 51.6 Å². The van der Waals surface area contributed by atoms with E-state index in [1.165, 1.54) is 18.4 Å². The molecule has 0 bridgehead atoms. The molecular weight excluding hydrogens is 270 g/mol. The Morgan fingerprint density at radius 3 is 2.60 bits per heavy atom. The van der Waals surface area contributed by atoms with E-state index in [0.29, 0.717) is 24.3 Å². The van der Waals surface area contributed by atoms with Gasteiger partial charge in [-0.05, 0) is 44.1 Å². The quantitative estimate of drug-likeness (QED) is 0.519. The Morgan fingerprint density at radius 2 is 2.00 bits per heavy atom. The molecule has 0 spiro atoms. The molecule has 0 heterocycles. The van der Waals surface area contributed by atoms with Gasteiger partial charge < -0.3 is 4.90 Å². The number of carbonyl (C=O) groups is 1. The monoisotopic (exact) mass is 293 g/mol. The number of carbonyl (C=O) groups excluding carboxylic acids is 1. The molecule has 2 rings (SSSR count). The second-order valence-electron chi connectivity index (χ2n) is 5.73. The second kappa shape index (κ2) is 7.68. The molecule has 1 unspecified atom stereocenters. The minimum atomic E-state index is 0.276. The van der Waals surface area contributed by atoms with Crippen LogP contribution in [-0.2, 0) is 11.3 Å². The minimum absolute atomic E-state index is 0.276. The van der Waals surface area contributed by atoms with E-state index in [9.17, 15) is 4.79 Å². The Kier molecular flexibility index (Phi) is 5.90. The highest BCUT2D eigenvalue weighted by Gasteiger charge is 2.33. The SMILES string of the molecule is CC(C1CC1)N(Cc1ccccc1)C(=O)CCCCCl. The van der Waals surface area contributed by atoms with Crippen molar-refractivity contribution in [3.63, 3.8) is 0 Å². The molecule has 1 saturated carbocycles. The molecule has 1 aromatic rings. The van der Waals surface area contributed by atoms with Crippen molar-refractivity contribution in [3.05, 3.63) is 35.9 Å². The standard InChI is InChI=1S/C17H24ClNO/c1-14(16-10-11-16)19(17(20)9-5-6-12-18)13-15-7-3-2-4-8-15/h2-4,7-8,14,16H,5-6,9-13H2,1H3. The number of unbranched alkanes of at least 4 members (excludes halogenated alkanes) is 1. The third-order valence-electron chi connectivity index (χ3n) is 4.09. The molecule has 1 aliphatic carbocycles. The van der Waals surface area contributed by atoms with Gasteiger partial charge in [-0.25, -0.2) is 0 Å². The normalized spacial score (nSPS) is 15.9. The molecule has 0 saturated heterocycles. The van der Waals surface area contributed by atoms with Crippen LogP contribution >= 0.6 is 11.6 Å². The molecule has 0 aromatic heterocycles. The summed E-state index contributed by atoms with van der Waals surface area (Å²) in [7, 11) is 0. The van der Waals surface area contributed by atoms with Gasteiger partial charge in [0.05, 0.1) is 0 Å². The van der Waals surface area contributed by atoms with E-state index >= 15 is 0 Å². The number of amides is 1. The highest BCUT2D eigenvalue weighted by molar-refractivity contribution is 6.17. The zero-order valence-electron chi connectivity index (χ0n) is 12.2. The molecule has 1 aromatic carbocycles. The highest BCUT2D eigenvalue weighted by atomic mass is 35.5. The lowest BCUT2D eigenvalue weighted by Gasteiger charge is -2.30. The van der Waals surface area contributed by atoms with Gasteiger partial charge >= 0.3 is 0 Å². The average Bonchev–Trinajstić information content (AvgIpc) is 3.30. The summed E-state index contributed by atoms with van der Waals surface area (Å²) in [5, 5.41) is 0. The van der Waals surface area contributed by atoms with Crippen molar-refractivity contribution in [2.75, 3.05) is 5.88 Å². The van der Waals surface area contributed by atoms with Gasteiger partial charge in [-0.3, -0.25) is 4.79 Å². The van der Waals surface area contributed by atoms with Crippen LogP contribution in [0.15, 0.2) is 30.3 Å².